The van der Waals surface area contributed by atoms with Crippen LogP contribution in [0.15, 0.2) is 30.5 Å². The Balaban J connectivity index is 1.71. The highest BCUT2D eigenvalue weighted by molar-refractivity contribution is 5.95. The van der Waals surface area contributed by atoms with Crippen LogP contribution in [0.3, 0.4) is 0 Å². The van der Waals surface area contributed by atoms with Crippen molar-refractivity contribution in [3.63, 3.8) is 0 Å². The van der Waals surface area contributed by atoms with Crippen molar-refractivity contribution in [1.82, 2.24) is 24.5 Å². The minimum absolute atomic E-state index is 0.268. The number of benzene rings is 1. The first kappa shape index (κ1) is 22.3. The highest BCUT2D eigenvalue weighted by Gasteiger charge is 2.41. The molecule has 1 saturated heterocycles. The van der Waals surface area contributed by atoms with Crippen LogP contribution in [-0.4, -0.2) is 83.8 Å². The lowest BCUT2D eigenvalue weighted by molar-refractivity contribution is -0.143. The molecule has 2 heterocycles. The fourth-order valence-electron chi connectivity index (χ4n) is 3.57. The third-order valence-electron chi connectivity index (χ3n) is 5.46. The zero-order chi connectivity index (χ0) is 21.9. The summed E-state index contributed by atoms with van der Waals surface area (Å²) >= 11 is 0. The largest absolute Gasteiger partial charge is 0.434 e. The minimum Gasteiger partial charge on any atom is -0.342 e. The predicted molar refractivity (Wildman–Crippen MR) is 109 cm³/mol. The molecule has 6 nitrogen and oxygen atoms in total. The van der Waals surface area contributed by atoms with E-state index in [0.29, 0.717) is 13.0 Å². The first-order valence-corrected chi connectivity index (χ1v) is 10.1. The zero-order valence-electron chi connectivity index (χ0n) is 17.6. The number of carbonyl (C=O) groups excluding carboxylic acids is 1. The number of piperazine rings is 1. The van der Waals surface area contributed by atoms with Crippen molar-refractivity contribution in [2.45, 2.75) is 19.5 Å². The van der Waals surface area contributed by atoms with Gasteiger partial charge in [-0.15, -0.1) is 0 Å². The van der Waals surface area contributed by atoms with Gasteiger partial charge in [0.1, 0.15) is 0 Å². The third kappa shape index (κ3) is 5.20. The fourth-order valence-corrected chi connectivity index (χ4v) is 3.57. The van der Waals surface area contributed by atoms with E-state index in [1.54, 1.807) is 24.3 Å². The molecule has 0 aliphatic carbocycles. The van der Waals surface area contributed by atoms with E-state index in [4.69, 9.17) is 0 Å². The maximum absolute atomic E-state index is 13.8. The van der Waals surface area contributed by atoms with Crippen LogP contribution in [0.4, 0.5) is 13.2 Å². The van der Waals surface area contributed by atoms with Gasteiger partial charge in [0.05, 0.1) is 17.4 Å². The molecular weight excluding hydrogens is 395 g/mol. The molecule has 0 unspecified atom stereocenters. The van der Waals surface area contributed by atoms with E-state index >= 15 is 0 Å². The quantitative estimate of drug-likeness (QED) is 0.717. The zero-order valence-corrected chi connectivity index (χ0v) is 17.6. The molecular formula is C21H28F3N5O. The molecule has 164 valence electrons. The summed E-state index contributed by atoms with van der Waals surface area (Å²) in [6.07, 6.45) is -2.98. The molecule has 0 bridgehead atoms. The Morgan fingerprint density at radius 2 is 1.77 bits per heavy atom. The standard InChI is InChI=1S/C21H28F3N5O/c1-16-5-7-17(8-6-16)29-19(21(22,23)24)18(15-25-29)20(30)27(3)9-4-10-28-13-11-26(2)12-14-28/h5-8,15H,4,9-14H2,1-3H3. The Morgan fingerprint density at radius 1 is 1.13 bits per heavy atom. The van der Waals surface area contributed by atoms with Crippen molar-refractivity contribution in [2.75, 3.05) is 53.4 Å². The Bertz CT molecular complexity index is 855. The van der Waals surface area contributed by atoms with Crippen LogP contribution < -0.4 is 0 Å². The molecule has 1 aliphatic rings. The Labute approximate surface area is 174 Å². The number of rotatable bonds is 6. The lowest BCUT2D eigenvalue weighted by Gasteiger charge is -2.32. The van der Waals surface area contributed by atoms with Gasteiger partial charge in [0, 0.05) is 39.8 Å². The molecule has 1 aromatic heterocycles. The van der Waals surface area contributed by atoms with Gasteiger partial charge in [-0.25, -0.2) is 4.68 Å². The number of nitrogens with zero attached hydrogens (tertiary/aromatic N) is 5. The van der Waals surface area contributed by atoms with E-state index in [1.165, 1.54) is 11.9 Å². The molecule has 1 aromatic carbocycles. The van der Waals surface area contributed by atoms with Crippen LogP contribution in [0.25, 0.3) is 5.69 Å². The molecule has 9 heteroatoms. The highest BCUT2D eigenvalue weighted by atomic mass is 19.4. The summed E-state index contributed by atoms with van der Waals surface area (Å²) in [5, 5.41) is 3.88. The molecule has 30 heavy (non-hydrogen) atoms. The maximum Gasteiger partial charge on any atom is 0.434 e. The molecule has 0 radical (unpaired) electrons. The average molecular weight is 423 g/mol. The number of aromatic nitrogens is 2. The predicted octanol–water partition coefficient (Wildman–Crippen LogP) is 2.91. The smallest absolute Gasteiger partial charge is 0.342 e. The number of hydrogen-bond acceptors (Lipinski definition) is 4. The monoisotopic (exact) mass is 423 g/mol. The summed E-state index contributed by atoms with van der Waals surface area (Å²) in [6.45, 7) is 7.00. The second-order valence-corrected chi connectivity index (χ2v) is 7.88. The van der Waals surface area contributed by atoms with Crippen LogP contribution in [0.5, 0.6) is 0 Å². The molecule has 1 amide bonds. The number of amides is 1. The Hall–Kier alpha value is -2.39. The van der Waals surface area contributed by atoms with Crippen molar-refractivity contribution in [3.8, 4) is 5.69 Å². The number of halogens is 3. The number of hydrogen-bond donors (Lipinski definition) is 0. The van der Waals surface area contributed by atoms with Gasteiger partial charge in [-0.3, -0.25) is 4.79 Å². The second-order valence-electron chi connectivity index (χ2n) is 7.88. The maximum atomic E-state index is 13.8. The first-order valence-electron chi connectivity index (χ1n) is 10.1. The van der Waals surface area contributed by atoms with E-state index in [1.807, 2.05) is 6.92 Å². The summed E-state index contributed by atoms with van der Waals surface area (Å²) in [4.78, 5) is 18.7. The van der Waals surface area contributed by atoms with Gasteiger partial charge >= 0.3 is 6.18 Å². The van der Waals surface area contributed by atoms with Crippen LogP contribution in [0, 0.1) is 6.92 Å². The third-order valence-corrected chi connectivity index (χ3v) is 5.46. The molecule has 1 aliphatic heterocycles. The lowest BCUT2D eigenvalue weighted by atomic mass is 10.2. The summed E-state index contributed by atoms with van der Waals surface area (Å²) in [5.41, 5.74) is -0.270. The summed E-state index contributed by atoms with van der Waals surface area (Å²) in [7, 11) is 3.62. The van der Waals surface area contributed by atoms with Crippen molar-refractivity contribution < 1.29 is 18.0 Å². The molecule has 3 rings (SSSR count). The number of likely N-dealkylation sites (N-methyl/N-ethyl adjacent to an activating group) is 1. The van der Waals surface area contributed by atoms with Crippen molar-refractivity contribution in [2.24, 2.45) is 0 Å². The van der Waals surface area contributed by atoms with Gasteiger partial charge in [-0.1, -0.05) is 17.7 Å². The van der Waals surface area contributed by atoms with E-state index in [2.05, 4.69) is 21.9 Å². The van der Waals surface area contributed by atoms with Crippen LogP contribution >= 0.6 is 0 Å². The van der Waals surface area contributed by atoms with Crippen LogP contribution in [0.2, 0.25) is 0 Å². The first-order chi connectivity index (χ1) is 14.2. The molecule has 0 N–H and O–H groups in total. The Kier molecular flexibility index (Phi) is 6.82. The SMILES string of the molecule is Cc1ccc(-n2ncc(C(=O)N(C)CCCN3CCN(C)CC3)c2C(F)(F)F)cc1. The average Bonchev–Trinajstić information content (AvgIpc) is 3.15. The molecule has 1 fully saturated rings. The van der Waals surface area contributed by atoms with Gasteiger partial charge in [0.25, 0.3) is 5.91 Å². The fraction of sp³-hybridized carbons (Fsp3) is 0.524. The van der Waals surface area contributed by atoms with E-state index < -0.39 is 23.3 Å². The van der Waals surface area contributed by atoms with E-state index in [-0.39, 0.29) is 5.69 Å². The molecule has 2 aromatic rings. The highest BCUT2D eigenvalue weighted by Crippen LogP contribution is 2.34. The topological polar surface area (TPSA) is 44.6 Å². The number of alkyl halides is 3. The summed E-state index contributed by atoms with van der Waals surface area (Å²) in [5.74, 6) is -0.668. The van der Waals surface area contributed by atoms with Gasteiger partial charge < -0.3 is 14.7 Å². The van der Waals surface area contributed by atoms with Crippen molar-refractivity contribution in [3.05, 3.63) is 47.3 Å². The summed E-state index contributed by atoms with van der Waals surface area (Å²) in [6, 6.07) is 6.55. The van der Waals surface area contributed by atoms with E-state index in [9.17, 15) is 18.0 Å². The van der Waals surface area contributed by atoms with Crippen LogP contribution in [0.1, 0.15) is 28.0 Å². The van der Waals surface area contributed by atoms with Gasteiger partial charge in [-0.05, 0) is 39.1 Å². The minimum atomic E-state index is -4.70. The normalized spacial score (nSPS) is 16.1. The lowest BCUT2D eigenvalue weighted by Crippen LogP contribution is -2.45. The van der Waals surface area contributed by atoms with E-state index in [0.717, 1.165) is 49.2 Å². The molecule has 0 saturated carbocycles. The number of aryl methyl sites for hydroxylation is 1. The van der Waals surface area contributed by atoms with Crippen molar-refractivity contribution >= 4 is 5.91 Å². The Morgan fingerprint density at radius 3 is 2.37 bits per heavy atom. The van der Waals surface area contributed by atoms with Gasteiger partial charge in [-0.2, -0.15) is 18.3 Å². The van der Waals surface area contributed by atoms with Gasteiger partial charge in [0.2, 0.25) is 0 Å². The van der Waals surface area contributed by atoms with Crippen molar-refractivity contribution in [1.29, 1.82) is 0 Å². The summed E-state index contributed by atoms with van der Waals surface area (Å²) < 4.78 is 42.2. The second kappa shape index (κ2) is 9.18. The van der Waals surface area contributed by atoms with Gasteiger partial charge in [0.15, 0.2) is 5.69 Å². The number of carbonyl (C=O) groups is 1. The van der Waals surface area contributed by atoms with Crippen LogP contribution in [-0.2, 0) is 6.18 Å². The molecule has 0 spiro atoms. The molecule has 0 atom stereocenters.